The average Bonchev–Trinajstić information content (AvgIpc) is 3.85. The van der Waals surface area contributed by atoms with Crippen molar-refractivity contribution in [2.24, 2.45) is 0 Å². The Hall–Kier alpha value is -6.78. The molecular weight excluding hydrogens is 611 g/mol. The van der Waals surface area contributed by atoms with Gasteiger partial charge in [-0.25, -0.2) is 9.97 Å². The molecular formula is C46H29N3O. The molecule has 10 rings (SSSR count). The summed E-state index contributed by atoms with van der Waals surface area (Å²) in [6.07, 6.45) is 0. The monoisotopic (exact) mass is 651 g/mol. The van der Waals surface area contributed by atoms with E-state index < -0.39 is 78.2 Å². The minimum absolute atomic E-state index is 0.0282. The maximum atomic E-state index is 9.52. The van der Waals surface area contributed by atoms with Crippen molar-refractivity contribution in [3.8, 4) is 50.7 Å². The summed E-state index contributed by atoms with van der Waals surface area (Å²) in [6.45, 7) is 0. The van der Waals surface area contributed by atoms with E-state index >= 15 is 0 Å². The molecule has 0 aliphatic rings. The molecule has 3 heterocycles. The highest BCUT2D eigenvalue weighted by atomic mass is 16.3. The molecule has 0 unspecified atom stereocenters. The van der Waals surface area contributed by atoms with Gasteiger partial charge in [-0.1, -0.05) is 139 Å². The van der Waals surface area contributed by atoms with Crippen molar-refractivity contribution in [1.82, 2.24) is 14.5 Å². The minimum Gasteiger partial charge on any atom is -0.455 e. The summed E-state index contributed by atoms with van der Waals surface area (Å²) in [7, 11) is 0. The summed E-state index contributed by atoms with van der Waals surface area (Å²) >= 11 is 0. The van der Waals surface area contributed by atoms with Crippen LogP contribution >= 0.6 is 0 Å². The van der Waals surface area contributed by atoms with E-state index in [0.29, 0.717) is 28.0 Å². The van der Waals surface area contributed by atoms with Crippen LogP contribution in [0.25, 0.3) is 94.5 Å². The largest absolute Gasteiger partial charge is 0.455 e. The summed E-state index contributed by atoms with van der Waals surface area (Å²) in [4.78, 5) is 10.0. The van der Waals surface area contributed by atoms with Crippen molar-refractivity contribution in [3.05, 3.63) is 176 Å². The lowest BCUT2D eigenvalue weighted by molar-refractivity contribution is 0.670. The third kappa shape index (κ3) is 4.54. The third-order valence-corrected chi connectivity index (χ3v) is 8.84. The Kier molecular flexibility index (Phi) is 4.27. The maximum Gasteiger partial charge on any atom is 0.160 e. The third-order valence-electron chi connectivity index (χ3n) is 8.84. The number of furan rings is 1. The van der Waals surface area contributed by atoms with Gasteiger partial charge in [0.15, 0.2) is 5.82 Å². The van der Waals surface area contributed by atoms with Crippen molar-refractivity contribution >= 4 is 43.7 Å². The van der Waals surface area contributed by atoms with Gasteiger partial charge in [0.2, 0.25) is 0 Å². The fourth-order valence-corrected chi connectivity index (χ4v) is 6.57. The summed E-state index contributed by atoms with van der Waals surface area (Å²) in [5.41, 5.74) is 3.48. The molecule has 3 aromatic heterocycles. The van der Waals surface area contributed by atoms with Crippen molar-refractivity contribution in [2.75, 3.05) is 0 Å². The summed E-state index contributed by atoms with van der Waals surface area (Å²) in [6, 6.07) is 24.4. The molecule has 234 valence electrons. The second-order valence-electron chi connectivity index (χ2n) is 11.7. The number of hydrogen-bond donors (Lipinski definition) is 0. The quantitative estimate of drug-likeness (QED) is 0.186. The van der Waals surface area contributed by atoms with Crippen molar-refractivity contribution in [1.29, 1.82) is 0 Å². The first-order chi connectivity index (χ1) is 29.8. The van der Waals surface area contributed by atoms with Gasteiger partial charge in [0.05, 0.1) is 38.9 Å². The zero-order valence-corrected chi connectivity index (χ0v) is 26.1. The molecule has 0 saturated carbocycles. The highest BCUT2D eigenvalue weighted by Crippen LogP contribution is 2.40. The standard InChI is InChI=1S/C46H29N3O/c1-3-13-30(14-4-1)31-25-27-32(28-26-31)46-47-40(29-41(48-46)39-22-12-20-37-35-18-8-10-24-43(35)50-45(37)39)38-21-11-19-36-34-17-7-9-23-42(34)49(44(36)38)33-15-5-2-6-16-33/h1-29H/i2D,5D,6D,7D,9D,11D,15D,16D,17D,19D,21D,23D. The van der Waals surface area contributed by atoms with E-state index in [1.54, 1.807) is 6.07 Å². The predicted molar refractivity (Wildman–Crippen MR) is 205 cm³/mol. The molecule has 0 bridgehead atoms. The fourth-order valence-electron chi connectivity index (χ4n) is 6.57. The zero-order valence-electron chi connectivity index (χ0n) is 38.1. The number of aromatic nitrogens is 3. The number of nitrogens with zero attached hydrogens (tertiary/aromatic N) is 3. The van der Waals surface area contributed by atoms with E-state index in [9.17, 15) is 2.74 Å². The van der Waals surface area contributed by atoms with Gasteiger partial charge in [-0.15, -0.1) is 0 Å². The molecule has 7 aromatic carbocycles. The SMILES string of the molecule is [2H]c1c([2H])c([2H])c(-n2c3c([2H])c([2H])c([2H])c([2H])c3c3c([2H])c([2H])c([2H])c(-c4cc(-c5cccc6c5oc5ccccc56)nc(-c5ccc(-c6ccccc6)cc5)n4)c32)c([2H])c1[2H]. The van der Waals surface area contributed by atoms with E-state index in [-0.39, 0.29) is 38.9 Å². The second kappa shape index (κ2) is 11.4. The first-order valence-electron chi connectivity index (χ1n) is 21.9. The molecule has 0 spiro atoms. The molecule has 4 nitrogen and oxygen atoms in total. The molecule has 0 aliphatic heterocycles. The van der Waals surface area contributed by atoms with Crippen LogP contribution in [0.3, 0.4) is 0 Å². The summed E-state index contributed by atoms with van der Waals surface area (Å²) in [5, 5.41) is 1.27. The van der Waals surface area contributed by atoms with Crippen molar-refractivity contribution < 1.29 is 20.9 Å². The van der Waals surface area contributed by atoms with Crippen LogP contribution in [0.15, 0.2) is 180 Å². The van der Waals surface area contributed by atoms with Crippen LogP contribution in [0.4, 0.5) is 0 Å². The number of para-hydroxylation sites is 5. The Labute approximate surface area is 305 Å². The van der Waals surface area contributed by atoms with Gasteiger partial charge < -0.3 is 8.98 Å². The van der Waals surface area contributed by atoms with Gasteiger partial charge in [0.25, 0.3) is 0 Å². The molecule has 0 N–H and O–H groups in total. The van der Waals surface area contributed by atoms with E-state index in [1.165, 1.54) is 0 Å². The molecule has 4 heteroatoms. The zero-order chi connectivity index (χ0) is 43.5. The van der Waals surface area contributed by atoms with E-state index in [4.69, 9.17) is 28.1 Å². The summed E-state index contributed by atoms with van der Waals surface area (Å²) in [5.74, 6) is 0.189. The van der Waals surface area contributed by atoms with Gasteiger partial charge >= 0.3 is 0 Å². The molecule has 50 heavy (non-hydrogen) atoms. The molecule has 0 saturated heterocycles. The molecule has 0 radical (unpaired) electrons. The van der Waals surface area contributed by atoms with Gasteiger partial charge in [0, 0.05) is 43.9 Å². The van der Waals surface area contributed by atoms with Crippen LogP contribution in [-0.4, -0.2) is 14.5 Å². The van der Waals surface area contributed by atoms with Gasteiger partial charge in [-0.2, -0.15) is 0 Å². The number of rotatable bonds is 5. The van der Waals surface area contributed by atoms with Crippen molar-refractivity contribution in [3.63, 3.8) is 0 Å². The molecule has 0 fully saturated rings. The number of hydrogen-bond acceptors (Lipinski definition) is 3. The van der Waals surface area contributed by atoms with Gasteiger partial charge in [-0.05, 0) is 47.5 Å². The average molecular weight is 652 g/mol. The lowest BCUT2D eigenvalue weighted by Crippen LogP contribution is -1.99. The fraction of sp³-hybridized carbons (Fsp3) is 0. The normalized spacial score (nSPS) is 15.0. The maximum absolute atomic E-state index is 9.52. The summed E-state index contributed by atoms with van der Waals surface area (Å²) < 4.78 is 114. The van der Waals surface area contributed by atoms with E-state index in [2.05, 4.69) is 0 Å². The molecule has 10 aromatic rings. The highest BCUT2D eigenvalue weighted by Gasteiger charge is 2.20. The first-order valence-corrected chi connectivity index (χ1v) is 15.9. The smallest absolute Gasteiger partial charge is 0.160 e. The van der Waals surface area contributed by atoms with Crippen LogP contribution in [0, 0.1) is 0 Å². The van der Waals surface area contributed by atoms with Crippen LogP contribution in [0.2, 0.25) is 0 Å². The Balaban J connectivity index is 1.38. The number of benzene rings is 7. The molecule has 0 amide bonds. The minimum atomic E-state index is -0.711. The lowest BCUT2D eigenvalue weighted by Gasteiger charge is -2.13. The first kappa shape index (κ1) is 18.7. The lowest BCUT2D eigenvalue weighted by atomic mass is 10.0. The van der Waals surface area contributed by atoms with Crippen LogP contribution in [-0.2, 0) is 0 Å². The van der Waals surface area contributed by atoms with Crippen LogP contribution in [0.1, 0.15) is 16.4 Å². The topological polar surface area (TPSA) is 43.9 Å². The Morgan fingerprint density at radius 1 is 0.500 bits per heavy atom. The number of fused-ring (bicyclic) bond motifs is 6. The van der Waals surface area contributed by atoms with Crippen molar-refractivity contribution in [2.45, 2.75) is 0 Å². The van der Waals surface area contributed by atoms with E-state index in [1.807, 2.05) is 97.1 Å². The van der Waals surface area contributed by atoms with E-state index in [0.717, 1.165) is 26.5 Å². The highest BCUT2D eigenvalue weighted by molar-refractivity contribution is 6.14. The molecule has 0 aliphatic carbocycles. The Morgan fingerprint density at radius 2 is 1.18 bits per heavy atom. The molecule has 0 atom stereocenters. The second-order valence-corrected chi connectivity index (χ2v) is 11.7. The van der Waals surface area contributed by atoms with Crippen LogP contribution < -0.4 is 0 Å². The Bertz CT molecular complexity index is 3520. The van der Waals surface area contributed by atoms with Gasteiger partial charge in [0.1, 0.15) is 11.2 Å². The Morgan fingerprint density at radius 3 is 2.04 bits per heavy atom. The van der Waals surface area contributed by atoms with Crippen LogP contribution in [0.5, 0.6) is 0 Å². The van der Waals surface area contributed by atoms with Gasteiger partial charge in [-0.3, -0.25) is 0 Å². The predicted octanol–water partition coefficient (Wildman–Crippen LogP) is 12.1.